The molecule has 0 aliphatic heterocycles. The molecule has 1 aromatic carbocycles. The maximum absolute atomic E-state index is 9.45. The van der Waals surface area contributed by atoms with Gasteiger partial charge in [0.05, 0.1) is 0 Å². The lowest BCUT2D eigenvalue weighted by Crippen LogP contribution is -1.94. The number of aryl methyl sites for hydroxylation is 2. The molecule has 0 amide bonds. The molecule has 1 heteroatoms. The van der Waals surface area contributed by atoms with Crippen molar-refractivity contribution in [3.8, 4) is 0 Å². The zero-order valence-electron chi connectivity index (χ0n) is 8.96. The van der Waals surface area contributed by atoms with E-state index in [4.69, 9.17) is 0 Å². The Morgan fingerprint density at radius 3 is 2.14 bits per heavy atom. The molecule has 0 radical (unpaired) electrons. The molecule has 0 fully saturated rings. The molecule has 0 heterocycles. The standard InChI is InChI=1S/C13H16O/c1-5-12(11(4)14)13-9(2)7-6-8-10(13)3/h5-8,14H,4H2,1-3H3/b12-5+. The molecule has 1 aromatic rings. The summed E-state index contributed by atoms with van der Waals surface area (Å²) >= 11 is 0. The summed E-state index contributed by atoms with van der Waals surface area (Å²) in [6, 6.07) is 6.09. The predicted molar refractivity (Wildman–Crippen MR) is 61.3 cm³/mol. The second kappa shape index (κ2) is 4.14. The van der Waals surface area contributed by atoms with Gasteiger partial charge in [-0.25, -0.2) is 0 Å². The maximum Gasteiger partial charge on any atom is 0.115 e. The number of hydrogen-bond donors (Lipinski definition) is 1. The Hall–Kier alpha value is -1.50. The van der Waals surface area contributed by atoms with E-state index in [-0.39, 0.29) is 5.76 Å². The largest absolute Gasteiger partial charge is 0.508 e. The third-order valence-corrected chi connectivity index (χ3v) is 2.35. The van der Waals surface area contributed by atoms with Crippen LogP contribution in [0.5, 0.6) is 0 Å². The molecule has 0 aliphatic rings. The van der Waals surface area contributed by atoms with Crippen LogP contribution in [0.25, 0.3) is 5.57 Å². The normalized spacial score (nSPS) is 11.5. The van der Waals surface area contributed by atoms with Crippen molar-refractivity contribution in [3.05, 3.63) is 53.3 Å². The van der Waals surface area contributed by atoms with Gasteiger partial charge in [-0.05, 0) is 37.5 Å². The van der Waals surface area contributed by atoms with Crippen molar-refractivity contribution in [3.63, 3.8) is 0 Å². The summed E-state index contributed by atoms with van der Waals surface area (Å²) in [6.45, 7) is 9.55. The average Bonchev–Trinajstić information content (AvgIpc) is 2.10. The molecule has 0 saturated heterocycles. The van der Waals surface area contributed by atoms with Gasteiger partial charge in [0.25, 0.3) is 0 Å². The van der Waals surface area contributed by atoms with E-state index in [1.165, 1.54) is 0 Å². The van der Waals surface area contributed by atoms with E-state index in [1.54, 1.807) is 0 Å². The molecule has 0 saturated carbocycles. The SMILES string of the molecule is C=C(O)/C(=C\C)c1c(C)cccc1C. The van der Waals surface area contributed by atoms with E-state index < -0.39 is 0 Å². The topological polar surface area (TPSA) is 20.2 Å². The minimum Gasteiger partial charge on any atom is -0.508 e. The van der Waals surface area contributed by atoms with Crippen LogP contribution >= 0.6 is 0 Å². The van der Waals surface area contributed by atoms with Crippen LogP contribution in [0.4, 0.5) is 0 Å². The Bertz CT molecular complexity index is 366. The van der Waals surface area contributed by atoms with Crippen LogP contribution in [0.3, 0.4) is 0 Å². The van der Waals surface area contributed by atoms with Gasteiger partial charge in [0.1, 0.15) is 5.76 Å². The number of aliphatic hydroxyl groups excluding tert-OH is 1. The van der Waals surface area contributed by atoms with E-state index in [1.807, 2.05) is 45.0 Å². The highest BCUT2D eigenvalue weighted by Crippen LogP contribution is 2.26. The first-order valence-electron chi connectivity index (χ1n) is 4.69. The average molecular weight is 188 g/mol. The van der Waals surface area contributed by atoms with Gasteiger partial charge in [0.15, 0.2) is 0 Å². The lowest BCUT2D eigenvalue weighted by atomic mass is 9.95. The Labute approximate surface area is 85.4 Å². The molecule has 0 bridgehead atoms. The fourth-order valence-electron chi connectivity index (χ4n) is 1.69. The van der Waals surface area contributed by atoms with Crippen molar-refractivity contribution in [2.45, 2.75) is 20.8 Å². The Morgan fingerprint density at radius 1 is 1.29 bits per heavy atom. The van der Waals surface area contributed by atoms with Crippen molar-refractivity contribution in [2.75, 3.05) is 0 Å². The van der Waals surface area contributed by atoms with E-state index in [0.29, 0.717) is 0 Å². The molecule has 1 nitrogen and oxygen atoms in total. The van der Waals surface area contributed by atoms with E-state index in [9.17, 15) is 5.11 Å². The molecule has 74 valence electrons. The molecule has 1 N–H and O–H groups in total. The smallest absolute Gasteiger partial charge is 0.115 e. The minimum atomic E-state index is 0.130. The van der Waals surface area contributed by atoms with Crippen LogP contribution in [0.15, 0.2) is 36.6 Å². The summed E-state index contributed by atoms with van der Waals surface area (Å²) in [5, 5.41) is 9.45. The fourth-order valence-corrected chi connectivity index (χ4v) is 1.69. The first-order valence-corrected chi connectivity index (χ1v) is 4.69. The highest BCUT2D eigenvalue weighted by atomic mass is 16.3. The van der Waals surface area contributed by atoms with E-state index in [0.717, 1.165) is 22.3 Å². The monoisotopic (exact) mass is 188 g/mol. The van der Waals surface area contributed by atoms with Gasteiger partial charge in [-0.15, -0.1) is 0 Å². The molecular weight excluding hydrogens is 172 g/mol. The zero-order chi connectivity index (χ0) is 10.7. The van der Waals surface area contributed by atoms with Gasteiger partial charge in [-0.1, -0.05) is 30.9 Å². The highest BCUT2D eigenvalue weighted by molar-refractivity contribution is 5.79. The van der Waals surface area contributed by atoms with Gasteiger partial charge >= 0.3 is 0 Å². The molecular formula is C13H16O. The zero-order valence-corrected chi connectivity index (χ0v) is 8.96. The van der Waals surface area contributed by atoms with Crippen LogP contribution in [0.2, 0.25) is 0 Å². The van der Waals surface area contributed by atoms with E-state index >= 15 is 0 Å². The molecule has 0 atom stereocenters. The van der Waals surface area contributed by atoms with Crippen molar-refractivity contribution in [2.24, 2.45) is 0 Å². The molecule has 0 aromatic heterocycles. The lowest BCUT2D eigenvalue weighted by molar-refractivity contribution is 0.440. The molecule has 14 heavy (non-hydrogen) atoms. The minimum absolute atomic E-state index is 0.130. The Balaban J connectivity index is 3.37. The van der Waals surface area contributed by atoms with Crippen molar-refractivity contribution < 1.29 is 5.11 Å². The summed E-state index contributed by atoms with van der Waals surface area (Å²) < 4.78 is 0. The van der Waals surface area contributed by atoms with E-state index in [2.05, 4.69) is 6.58 Å². The number of allylic oxidation sites excluding steroid dienone is 2. The molecule has 0 spiro atoms. The van der Waals surface area contributed by atoms with Gasteiger partial charge in [-0.2, -0.15) is 0 Å². The van der Waals surface area contributed by atoms with Crippen LogP contribution in [0.1, 0.15) is 23.6 Å². The van der Waals surface area contributed by atoms with Gasteiger partial charge in [-0.3, -0.25) is 0 Å². The first kappa shape index (κ1) is 10.6. The van der Waals surface area contributed by atoms with Crippen molar-refractivity contribution >= 4 is 5.57 Å². The number of rotatable bonds is 2. The summed E-state index contributed by atoms with van der Waals surface area (Å²) in [6.07, 6.45) is 1.89. The van der Waals surface area contributed by atoms with Crippen LogP contribution < -0.4 is 0 Å². The Morgan fingerprint density at radius 2 is 1.79 bits per heavy atom. The summed E-state index contributed by atoms with van der Waals surface area (Å²) in [5.74, 6) is 0.130. The quantitative estimate of drug-likeness (QED) is 0.553. The summed E-state index contributed by atoms with van der Waals surface area (Å²) in [5.41, 5.74) is 4.23. The third-order valence-electron chi connectivity index (χ3n) is 2.35. The summed E-state index contributed by atoms with van der Waals surface area (Å²) in [7, 11) is 0. The van der Waals surface area contributed by atoms with Crippen molar-refractivity contribution in [1.29, 1.82) is 0 Å². The first-order chi connectivity index (χ1) is 6.57. The van der Waals surface area contributed by atoms with Crippen LogP contribution in [-0.4, -0.2) is 5.11 Å². The van der Waals surface area contributed by atoms with Gasteiger partial charge < -0.3 is 5.11 Å². The lowest BCUT2D eigenvalue weighted by Gasteiger charge is -2.12. The summed E-state index contributed by atoms with van der Waals surface area (Å²) in [4.78, 5) is 0. The second-order valence-corrected chi connectivity index (χ2v) is 3.42. The number of hydrogen-bond acceptors (Lipinski definition) is 1. The molecule has 0 unspecified atom stereocenters. The molecule has 0 aliphatic carbocycles. The van der Waals surface area contributed by atoms with Crippen LogP contribution in [0, 0.1) is 13.8 Å². The highest BCUT2D eigenvalue weighted by Gasteiger charge is 2.09. The molecule has 1 rings (SSSR count). The van der Waals surface area contributed by atoms with Gasteiger partial charge in [0.2, 0.25) is 0 Å². The van der Waals surface area contributed by atoms with Gasteiger partial charge in [0, 0.05) is 5.57 Å². The predicted octanol–water partition coefficient (Wildman–Crippen LogP) is 3.78. The third kappa shape index (κ3) is 1.87. The second-order valence-electron chi connectivity index (χ2n) is 3.42. The number of aliphatic hydroxyl groups is 1. The van der Waals surface area contributed by atoms with Crippen LogP contribution in [-0.2, 0) is 0 Å². The maximum atomic E-state index is 9.45. The number of benzene rings is 1. The van der Waals surface area contributed by atoms with Crippen molar-refractivity contribution in [1.82, 2.24) is 0 Å². The Kier molecular flexibility index (Phi) is 3.13. The fraction of sp³-hybridized carbons (Fsp3) is 0.231.